The molecule has 2 nitrogen and oxygen atoms in total. The largest absolute Gasteiger partial charge is 0.489 e. The Morgan fingerprint density at radius 1 is 1.05 bits per heavy atom. The van der Waals surface area contributed by atoms with Crippen LogP contribution in [0.1, 0.15) is 16.5 Å². The van der Waals surface area contributed by atoms with Gasteiger partial charge in [-0.25, -0.2) is 0 Å². The van der Waals surface area contributed by atoms with Gasteiger partial charge in [-0.05, 0) is 23.3 Å². The van der Waals surface area contributed by atoms with Gasteiger partial charge in [-0.2, -0.15) is 0 Å². The molecule has 1 heterocycles. The normalized spacial score (nSPS) is 18.4. The van der Waals surface area contributed by atoms with Crippen molar-refractivity contribution in [2.75, 3.05) is 12.3 Å². The molecular formula is C16H17NOS. The molecule has 98 valence electrons. The number of thioether (sulfide) groups is 1. The Morgan fingerprint density at radius 3 is 2.53 bits per heavy atom. The lowest BCUT2D eigenvalue weighted by atomic mass is 10.2. The minimum Gasteiger partial charge on any atom is -0.489 e. The van der Waals surface area contributed by atoms with Crippen molar-refractivity contribution >= 4 is 11.8 Å². The third-order valence-electron chi connectivity index (χ3n) is 3.15. The third kappa shape index (κ3) is 3.31. The Balaban J connectivity index is 1.60. The predicted molar refractivity (Wildman–Crippen MR) is 80.4 cm³/mol. The highest BCUT2D eigenvalue weighted by Crippen LogP contribution is 2.30. The fourth-order valence-electron chi connectivity index (χ4n) is 2.12. The van der Waals surface area contributed by atoms with E-state index in [0.29, 0.717) is 12.0 Å². The molecule has 0 radical (unpaired) electrons. The lowest BCUT2D eigenvalue weighted by molar-refractivity contribution is 0.306. The van der Waals surface area contributed by atoms with Crippen molar-refractivity contribution in [2.45, 2.75) is 12.0 Å². The molecule has 19 heavy (non-hydrogen) atoms. The molecule has 0 aliphatic carbocycles. The Kier molecular flexibility index (Phi) is 4.06. The summed E-state index contributed by atoms with van der Waals surface area (Å²) >= 11 is 1.96. The van der Waals surface area contributed by atoms with Gasteiger partial charge in [0, 0.05) is 12.3 Å². The quantitative estimate of drug-likeness (QED) is 0.918. The average Bonchev–Trinajstić information content (AvgIpc) is 3.01. The second-order valence-electron chi connectivity index (χ2n) is 4.55. The second-order valence-corrected chi connectivity index (χ2v) is 5.76. The van der Waals surface area contributed by atoms with Crippen molar-refractivity contribution in [3.05, 3.63) is 65.7 Å². The standard InChI is InChI=1S/C16H17NOS/c1-2-4-13(5-3-1)12-18-15-8-6-14(7-9-15)16-17-10-11-19-16/h1-9,16-17H,10-12H2/t16-/m0/s1. The van der Waals surface area contributed by atoms with E-state index in [1.54, 1.807) is 0 Å². The van der Waals surface area contributed by atoms with E-state index in [0.717, 1.165) is 12.3 Å². The molecule has 0 bridgehead atoms. The van der Waals surface area contributed by atoms with Crippen LogP contribution in [-0.4, -0.2) is 12.3 Å². The monoisotopic (exact) mass is 271 g/mol. The summed E-state index contributed by atoms with van der Waals surface area (Å²) in [4.78, 5) is 0. The maximum atomic E-state index is 5.78. The van der Waals surface area contributed by atoms with Crippen molar-refractivity contribution in [3.63, 3.8) is 0 Å². The molecule has 1 atom stereocenters. The molecule has 1 fully saturated rings. The van der Waals surface area contributed by atoms with Gasteiger partial charge in [-0.1, -0.05) is 42.5 Å². The van der Waals surface area contributed by atoms with Crippen molar-refractivity contribution in [3.8, 4) is 5.75 Å². The van der Waals surface area contributed by atoms with E-state index in [4.69, 9.17) is 4.74 Å². The number of ether oxygens (including phenoxy) is 1. The van der Waals surface area contributed by atoms with E-state index in [2.05, 4.69) is 41.7 Å². The highest BCUT2D eigenvalue weighted by Gasteiger charge is 2.16. The van der Waals surface area contributed by atoms with Gasteiger partial charge >= 0.3 is 0 Å². The number of nitrogens with one attached hydrogen (secondary N) is 1. The Labute approximate surface area is 118 Å². The molecular weight excluding hydrogens is 254 g/mol. The summed E-state index contributed by atoms with van der Waals surface area (Å²) in [7, 11) is 0. The highest BCUT2D eigenvalue weighted by molar-refractivity contribution is 7.99. The molecule has 3 rings (SSSR count). The predicted octanol–water partition coefficient (Wildman–Crippen LogP) is 3.60. The van der Waals surface area contributed by atoms with E-state index in [1.807, 2.05) is 30.0 Å². The van der Waals surface area contributed by atoms with Crippen LogP contribution >= 0.6 is 11.8 Å². The lowest BCUT2D eigenvalue weighted by Gasteiger charge is -2.11. The zero-order valence-corrected chi connectivity index (χ0v) is 11.5. The third-order valence-corrected chi connectivity index (χ3v) is 4.36. The number of rotatable bonds is 4. The van der Waals surface area contributed by atoms with Crippen molar-refractivity contribution in [1.82, 2.24) is 5.32 Å². The summed E-state index contributed by atoms with van der Waals surface area (Å²) in [6, 6.07) is 18.6. The molecule has 1 aliphatic rings. The molecule has 0 unspecified atom stereocenters. The van der Waals surface area contributed by atoms with Gasteiger partial charge in [0.25, 0.3) is 0 Å². The van der Waals surface area contributed by atoms with Crippen LogP contribution in [0.25, 0.3) is 0 Å². The van der Waals surface area contributed by atoms with Gasteiger partial charge in [-0.15, -0.1) is 11.8 Å². The highest BCUT2D eigenvalue weighted by atomic mass is 32.2. The van der Waals surface area contributed by atoms with Gasteiger partial charge in [0.2, 0.25) is 0 Å². The lowest BCUT2D eigenvalue weighted by Crippen LogP contribution is -2.11. The van der Waals surface area contributed by atoms with E-state index < -0.39 is 0 Å². The molecule has 3 heteroatoms. The van der Waals surface area contributed by atoms with E-state index >= 15 is 0 Å². The van der Waals surface area contributed by atoms with Crippen LogP contribution in [0.2, 0.25) is 0 Å². The molecule has 0 saturated carbocycles. The van der Waals surface area contributed by atoms with Gasteiger partial charge in [-0.3, -0.25) is 0 Å². The molecule has 2 aromatic carbocycles. The molecule has 0 amide bonds. The first-order chi connectivity index (χ1) is 9.42. The van der Waals surface area contributed by atoms with Crippen LogP contribution in [-0.2, 0) is 6.61 Å². The summed E-state index contributed by atoms with van der Waals surface area (Å²) < 4.78 is 5.78. The van der Waals surface area contributed by atoms with Gasteiger partial charge in [0.15, 0.2) is 0 Å². The van der Waals surface area contributed by atoms with Crippen molar-refractivity contribution in [2.24, 2.45) is 0 Å². The first kappa shape index (κ1) is 12.6. The van der Waals surface area contributed by atoms with Crippen LogP contribution in [0, 0.1) is 0 Å². The van der Waals surface area contributed by atoms with Gasteiger partial charge in [0.05, 0.1) is 5.37 Å². The smallest absolute Gasteiger partial charge is 0.119 e. The SMILES string of the molecule is c1ccc(COc2ccc([C@H]3NCCS3)cc2)cc1. The average molecular weight is 271 g/mol. The Hall–Kier alpha value is -1.45. The fourth-order valence-corrected chi connectivity index (χ4v) is 3.18. The minimum absolute atomic E-state index is 0.447. The summed E-state index contributed by atoms with van der Waals surface area (Å²) in [6.45, 7) is 1.72. The number of benzene rings is 2. The maximum Gasteiger partial charge on any atom is 0.119 e. The number of hydrogen-bond donors (Lipinski definition) is 1. The summed E-state index contributed by atoms with van der Waals surface area (Å²) in [5.74, 6) is 2.12. The maximum absolute atomic E-state index is 5.78. The van der Waals surface area contributed by atoms with Gasteiger partial charge in [0.1, 0.15) is 12.4 Å². The first-order valence-electron chi connectivity index (χ1n) is 6.53. The first-order valence-corrected chi connectivity index (χ1v) is 7.58. The van der Waals surface area contributed by atoms with Crippen LogP contribution in [0.15, 0.2) is 54.6 Å². The van der Waals surface area contributed by atoms with Crippen LogP contribution in [0.3, 0.4) is 0 Å². The fraction of sp³-hybridized carbons (Fsp3) is 0.250. The van der Waals surface area contributed by atoms with E-state index in [-0.39, 0.29) is 0 Å². The molecule has 0 spiro atoms. The Bertz CT molecular complexity index is 506. The molecule has 1 saturated heterocycles. The van der Waals surface area contributed by atoms with E-state index in [9.17, 15) is 0 Å². The summed E-state index contributed by atoms with van der Waals surface area (Å²) in [5.41, 5.74) is 2.52. The minimum atomic E-state index is 0.447. The van der Waals surface area contributed by atoms with Crippen LogP contribution < -0.4 is 10.1 Å². The molecule has 2 aromatic rings. The molecule has 1 N–H and O–H groups in total. The second kappa shape index (κ2) is 6.13. The summed E-state index contributed by atoms with van der Waals surface area (Å²) in [6.07, 6.45) is 0. The van der Waals surface area contributed by atoms with E-state index in [1.165, 1.54) is 16.9 Å². The zero-order valence-electron chi connectivity index (χ0n) is 10.7. The van der Waals surface area contributed by atoms with Gasteiger partial charge < -0.3 is 10.1 Å². The van der Waals surface area contributed by atoms with Crippen LogP contribution in [0.5, 0.6) is 5.75 Å². The zero-order chi connectivity index (χ0) is 12.9. The van der Waals surface area contributed by atoms with Crippen molar-refractivity contribution < 1.29 is 4.74 Å². The van der Waals surface area contributed by atoms with Crippen molar-refractivity contribution in [1.29, 1.82) is 0 Å². The Morgan fingerprint density at radius 2 is 1.84 bits per heavy atom. The topological polar surface area (TPSA) is 21.3 Å². The van der Waals surface area contributed by atoms with Crippen LogP contribution in [0.4, 0.5) is 0 Å². The molecule has 1 aliphatic heterocycles. The summed E-state index contributed by atoms with van der Waals surface area (Å²) in [5, 5.41) is 3.92. The number of hydrogen-bond acceptors (Lipinski definition) is 3. The molecule has 0 aromatic heterocycles.